The molecule has 0 saturated heterocycles. The van der Waals surface area contributed by atoms with Gasteiger partial charge in [-0.25, -0.2) is 13.1 Å². The zero-order valence-corrected chi connectivity index (χ0v) is 19.8. The molecule has 0 aliphatic carbocycles. The minimum absolute atomic E-state index is 0.116. The highest BCUT2D eigenvalue weighted by Gasteiger charge is 2.20. The van der Waals surface area contributed by atoms with E-state index >= 15 is 0 Å². The van der Waals surface area contributed by atoms with E-state index in [0.717, 1.165) is 22.5 Å². The van der Waals surface area contributed by atoms with Crippen molar-refractivity contribution in [2.24, 2.45) is 0 Å². The first-order valence-corrected chi connectivity index (χ1v) is 12.5. The van der Waals surface area contributed by atoms with Crippen LogP contribution in [0.25, 0.3) is 10.2 Å². The lowest BCUT2D eigenvalue weighted by molar-refractivity contribution is 0.414. The molecule has 0 bridgehead atoms. The van der Waals surface area contributed by atoms with E-state index in [0.29, 0.717) is 27.5 Å². The predicted molar refractivity (Wildman–Crippen MR) is 128 cm³/mol. The molecule has 0 radical (unpaired) electrons. The molecule has 0 saturated carbocycles. The van der Waals surface area contributed by atoms with Gasteiger partial charge in [0, 0.05) is 11.1 Å². The van der Waals surface area contributed by atoms with E-state index in [-0.39, 0.29) is 9.77 Å². The molecular weight excluding hydrogens is 468 g/mol. The molecule has 0 spiro atoms. The van der Waals surface area contributed by atoms with Crippen molar-refractivity contribution in [2.45, 2.75) is 24.4 Å². The summed E-state index contributed by atoms with van der Waals surface area (Å²) in [5.41, 5.74) is 2.44. The molecule has 0 aliphatic heterocycles. The summed E-state index contributed by atoms with van der Waals surface area (Å²) < 4.78 is 36.0. The molecule has 1 heterocycles. The number of fused-ring (bicyclic) bond motifs is 1. The summed E-state index contributed by atoms with van der Waals surface area (Å²) in [5.74, 6) is 0.701. The zero-order valence-electron chi connectivity index (χ0n) is 17.4. The third-order valence-electron chi connectivity index (χ3n) is 5.15. The first-order chi connectivity index (χ1) is 15.3. The van der Waals surface area contributed by atoms with Crippen molar-refractivity contribution in [3.63, 3.8) is 0 Å². The molecule has 1 unspecified atom stereocenters. The van der Waals surface area contributed by atoms with Crippen LogP contribution in [0.15, 0.2) is 76.4 Å². The molecule has 4 rings (SSSR count). The van der Waals surface area contributed by atoms with E-state index in [1.807, 2.05) is 24.3 Å². The quantitative estimate of drug-likeness (QED) is 0.405. The number of sulfonamides is 1. The minimum Gasteiger partial charge on any atom is -0.497 e. The number of aromatic nitrogens is 1. The van der Waals surface area contributed by atoms with Crippen LogP contribution >= 0.6 is 22.9 Å². The summed E-state index contributed by atoms with van der Waals surface area (Å²) in [6.07, 6.45) is 0. The standard InChI is InChI=1S/C23H21ClN2O4S2/c1-15(17-5-9-19(30-2)10-6-17)25-32(28,29)20-11-12-21-22(13-20)31-23(27)26(21)14-16-3-7-18(24)8-4-16/h3-13,15,25H,14H2,1-2H3. The molecule has 3 aromatic carbocycles. The molecule has 32 heavy (non-hydrogen) atoms. The normalized spacial score (nSPS) is 12.7. The molecule has 1 N–H and O–H groups in total. The Morgan fingerprint density at radius 3 is 2.41 bits per heavy atom. The molecule has 4 aromatic rings. The Kier molecular flexibility index (Phi) is 6.39. The van der Waals surface area contributed by atoms with E-state index in [9.17, 15) is 13.2 Å². The number of methoxy groups -OCH3 is 1. The van der Waals surface area contributed by atoms with E-state index in [1.54, 1.807) is 55.0 Å². The van der Waals surface area contributed by atoms with Gasteiger partial charge in [-0.2, -0.15) is 0 Å². The number of ether oxygens (including phenoxy) is 1. The molecule has 6 nitrogen and oxygen atoms in total. The van der Waals surface area contributed by atoms with E-state index in [2.05, 4.69) is 4.72 Å². The van der Waals surface area contributed by atoms with Gasteiger partial charge in [-0.05, 0) is 60.5 Å². The van der Waals surface area contributed by atoms with Crippen molar-refractivity contribution in [3.8, 4) is 5.75 Å². The predicted octanol–water partition coefficient (Wildman–Crippen LogP) is 4.81. The van der Waals surface area contributed by atoms with E-state index in [4.69, 9.17) is 16.3 Å². The Morgan fingerprint density at radius 2 is 1.75 bits per heavy atom. The van der Waals surface area contributed by atoms with Crippen molar-refractivity contribution >= 4 is 43.2 Å². The van der Waals surface area contributed by atoms with Crippen LogP contribution in [0.3, 0.4) is 0 Å². The van der Waals surface area contributed by atoms with Gasteiger partial charge in [0.15, 0.2) is 0 Å². The van der Waals surface area contributed by atoms with Crippen LogP contribution in [0, 0.1) is 0 Å². The van der Waals surface area contributed by atoms with Crippen molar-refractivity contribution in [1.82, 2.24) is 9.29 Å². The highest BCUT2D eigenvalue weighted by molar-refractivity contribution is 7.89. The number of nitrogens with one attached hydrogen (secondary N) is 1. The average molecular weight is 489 g/mol. The summed E-state index contributed by atoms with van der Waals surface area (Å²) in [4.78, 5) is 12.5. The molecule has 0 aliphatic rings. The second kappa shape index (κ2) is 9.07. The Labute approximate surface area is 195 Å². The highest BCUT2D eigenvalue weighted by Crippen LogP contribution is 2.25. The average Bonchev–Trinajstić information content (AvgIpc) is 3.09. The van der Waals surface area contributed by atoms with E-state index in [1.165, 1.54) is 6.07 Å². The Hall–Kier alpha value is -2.65. The largest absolute Gasteiger partial charge is 0.497 e. The van der Waals surface area contributed by atoms with E-state index < -0.39 is 16.1 Å². The molecule has 0 amide bonds. The summed E-state index contributed by atoms with van der Waals surface area (Å²) in [5, 5.41) is 0.627. The molecule has 1 aromatic heterocycles. The Bertz CT molecular complexity index is 1410. The van der Waals surface area contributed by atoms with Crippen LogP contribution in [-0.4, -0.2) is 20.1 Å². The topological polar surface area (TPSA) is 77.4 Å². The van der Waals surface area contributed by atoms with Crippen LogP contribution in [-0.2, 0) is 16.6 Å². The number of benzene rings is 3. The third kappa shape index (κ3) is 4.73. The first-order valence-electron chi connectivity index (χ1n) is 9.81. The third-order valence-corrected chi connectivity index (χ3v) is 7.88. The van der Waals surface area contributed by atoms with Gasteiger partial charge in [0.2, 0.25) is 10.0 Å². The van der Waals surface area contributed by atoms with Gasteiger partial charge in [-0.15, -0.1) is 0 Å². The monoisotopic (exact) mass is 488 g/mol. The molecule has 1 atom stereocenters. The fraction of sp³-hybridized carbons (Fsp3) is 0.174. The Morgan fingerprint density at radius 1 is 1.06 bits per heavy atom. The first kappa shape index (κ1) is 22.5. The van der Waals surface area contributed by atoms with Gasteiger partial charge in [0.05, 0.1) is 28.8 Å². The van der Waals surface area contributed by atoms with Crippen molar-refractivity contribution in [2.75, 3.05) is 7.11 Å². The number of rotatable bonds is 7. The minimum atomic E-state index is -3.78. The number of halogens is 1. The number of hydrogen-bond acceptors (Lipinski definition) is 5. The fourth-order valence-corrected chi connectivity index (χ4v) is 5.79. The van der Waals surface area contributed by atoms with Crippen molar-refractivity contribution in [1.29, 1.82) is 0 Å². The van der Waals surface area contributed by atoms with Crippen LogP contribution in [0.4, 0.5) is 0 Å². The van der Waals surface area contributed by atoms with Gasteiger partial charge < -0.3 is 4.74 Å². The molecule has 0 fully saturated rings. The smallest absolute Gasteiger partial charge is 0.308 e. The molecule has 166 valence electrons. The summed E-state index contributed by atoms with van der Waals surface area (Å²) in [6, 6.07) is 18.8. The van der Waals surface area contributed by atoms with Gasteiger partial charge in [-0.3, -0.25) is 9.36 Å². The maximum atomic E-state index is 13.0. The van der Waals surface area contributed by atoms with Gasteiger partial charge >= 0.3 is 4.87 Å². The van der Waals surface area contributed by atoms with Crippen LogP contribution in [0.1, 0.15) is 24.1 Å². The van der Waals surface area contributed by atoms with Crippen LogP contribution < -0.4 is 14.3 Å². The second-order valence-electron chi connectivity index (χ2n) is 7.33. The van der Waals surface area contributed by atoms with Gasteiger partial charge in [0.25, 0.3) is 0 Å². The molecular formula is C23H21ClN2O4S2. The SMILES string of the molecule is COc1ccc(C(C)NS(=O)(=O)c2ccc3c(c2)sc(=O)n3Cc2ccc(Cl)cc2)cc1. The van der Waals surface area contributed by atoms with Crippen LogP contribution in [0.5, 0.6) is 5.75 Å². The lowest BCUT2D eigenvalue weighted by Crippen LogP contribution is -2.26. The Balaban J connectivity index is 1.60. The highest BCUT2D eigenvalue weighted by atomic mass is 35.5. The summed E-state index contributed by atoms with van der Waals surface area (Å²) >= 11 is 6.96. The summed E-state index contributed by atoms with van der Waals surface area (Å²) in [7, 11) is -2.20. The second-order valence-corrected chi connectivity index (χ2v) is 10.5. The number of hydrogen-bond donors (Lipinski definition) is 1. The summed E-state index contributed by atoms with van der Waals surface area (Å²) in [6.45, 7) is 2.16. The zero-order chi connectivity index (χ0) is 22.9. The molecule has 9 heteroatoms. The maximum Gasteiger partial charge on any atom is 0.308 e. The number of nitrogens with zero attached hydrogens (tertiary/aromatic N) is 1. The fourth-order valence-electron chi connectivity index (χ4n) is 3.40. The van der Waals surface area contributed by atoms with Crippen molar-refractivity contribution in [3.05, 3.63) is 92.5 Å². The maximum absolute atomic E-state index is 13.0. The lowest BCUT2D eigenvalue weighted by atomic mass is 10.1. The van der Waals surface area contributed by atoms with Crippen LogP contribution in [0.2, 0.25) is 5.02 Å². The van der Waals surface area contributed by atoms with Gasteiger partial charge in [-0.1, -0.05) is 47.2 Å². The van der Waals surface area contributed by atoms with Gasteiger partial charge in [0.1, 0.15) is 5.75 Å². The lowest BCUT2D eigenvalue weighted by Gasteiger charge is -2.15. The number of thiazole rings is 1. The van der Waals surface area contributed by atoms with Crippen molar-refractivity contribution < 1.29 is 13.2 Å².